The van der Waals surface area contributed by atoms with Gasteiger partial charge in [0, 0.05) is 37.0 Å². The summed E-state index contributed by atoms with van der Waals surface area (Å²) in [6.45, 7) is 2.46. The smallest absolute Gasteiger partial charge is 0.387 e. The van der Waals surface area contributed by atoms with Gasteiger partial charge in [0.15, 0.2) is 0 Å². The van der Waals surface area contributed by atoms with Gasteiger partial charge in [-0.05, 0) is 25.8 Å². The summed E-state index contributed by atoms with van der Waals surface area (Å²) in [7, 11) is 0. The number of thiophene rings is 1. The maximum Gasteiger partial charge on any atom is 0.387 e. The first-order chi connectivity index (χ1) is 13.0. The minimum atomic E-state index is -2.94. The van der Waals surface area contributed by atoms with Crippen LogP contribution in [0, 0.1) is 6.92 Å². The highest BCUT2D eigenvalue weighted by atomic mass is 32.1. The molecule has 4 rings (SSSR count). The molecule has 0 saturated carbocycles. The largest absolute Gasteiger partial charge is 0.433 e. The molecule has 7 nitrogen and oxygen atoms in total. The van der Waals surface area contributed by atoms with E-state index < -0.39 is 6.61 Å². The second kappa shape index (κ2) is 7.51. The molecule has 0 aliphatic carbocycles. The van der Waals surface area contributed by atoms with Crippen molar-refractivity contribution in [2.24, 2.45) is 0 Å². The number of aryl methyl sites for hydroxylation is 1. The number of hydrogen-bond donors (Lipinski definition) is 1. The van der Waals surface area contributed by atoms with Crippen molar-refractivity contribution >= 4 is 17.2 Å². The number of alkyl halides is 2. The van der Waals surface area contributed by atoms with E-state index in [2.05, 4.69) is 24.8 Å². The number of fused-ring (bicyclic) bond motifs is 1. The number of ether oxygens (including phenoxy) is 1. The predicted molar refractivity (Wildman–Crippen MR) is 95.3 cm³/mol. The molecule has 0 spiro atoms. The fourth-order valence-electron chi connectivity index (χ4n) is 3.72. The lowest BCUT2D eigenvalue weighted by Crippen LogP contribution is -2.38. The summed E-state index contributed by atoms with van der Waals surface area (Å²) in [5, 5.41) is 11.9. The van der Waals surface area contributed by atoms with E-state index in [4.69, 9.17) is 0 Å². The second-order valence-electron chi connectivity index (χ2n) is 6.80. The summed E-state index contributed by atoms with van der Waals surface area (Å²) in [6, 6.07) is 1.49. The van der Waals surface area contributed by atoms with E-state index in [1.54, 1.807) is 11.8 Å². The van der Waals surface area contributed by atoms with E-state index in [-0.39, 0.29) is 22.5 Å². The monoisotopic (exact) mass is 397 g/mol. The average molecular weight is 397 g/mol. The highest BCUT2D eigenvalue weighted by molar-refractivity contribution is 7.14. The fraction of sp³-hybridized carbons (Fsp3) is 0.588. The van der Waals surface area contributed by atoms with E-state index in [0.717, 1.165) is 49.0 Å². The van der Waals surface area contributed by atoms with Crippen LogP contribution in [0.1, 0.15) is 45.0 Å². The van der Waals surface area contributed by atoms with Gasteiger partial charge in [-0.15, -0.1) is 21.5 Å². The Balaban J connectivity index is 1.44. The molecule has 0 aromatic carbocycles. The number of likely N-dealkylation sites (tertiary alicyclic amines) is 1. The van der Waals surface area contributed by atoms with Crippen molar-refractivity contribution in [3.63, 3.8) is 0 Å². The molecule has 0 radical (unpaired) electrons. The topological polar surface area (TPSA) is 72.3 Å². The molecule has 2 aromatic rings. The summed E-state index contributed by atoms with van der Waals surface area (Å²) in [5.74, 6) is 1.94. The molecule has 1 amide bonds. The average Bonchev–Trinajstić information content (AvgIpc) is 3.24. The quantitative estimate of drug-likeness (QED) is 0.858. The molecular weight excluding hydrogens is 376 g/mol. The van der Waals surface area contributed by atoms with Crippen LogP contribution in [0.3, 0.4) is 0 Å². The van der Waals surface area contributed by atoms with Gasteiger partial charge in [0.05, 0.1) is 6.54 Å². The van der Waals surface area contributed by atoms with Crippen LogP contribution in [-0.4, -0.2) is 51.8 Å². The Morgan fingerprint density at radius 1 is 1.33 bits per heavy atom. The maximum absolute atomic E-state index is 12.8. The van der Waals surface area contributed by atoms with E-state index in [0.29, 0.717) is 13.1 Å². The van der Waals surface area contributed by atoms with Crippen LogP contribution in [0.25, 0.3) is 0 Å². The first-order valence-electron chi connectivity index (χ1n) is 9.00. The normalized spacial score (nSPS) is 18.0. The number of nitrogens with one attached hydrogen (secondary N) is 1. The summed E-state index contributed by atoms with van der Waals surface area (Å²) >= 11 is 1.19. The summed E-state index contributed by atoms with van der Waals surface area (Å²) < 4.78 is 31.9. The molecule has 146 valence electrons. The Morgan fingerprint density at radius 3 is 2.85 bits per heavy atom. The molecule has 2 aromatic heterocycles. The molecule has 0 atom stereocenters. The zero-order chi connectivity index (χ0) is 19.0. The number of amides is 1. The van der Waals surface area contributed by atoms with Gasteiger partial charge in [-0.3, -0.25) is 4.79 Å². The lowest BCUT2D eigenvalue weighted by atomic mass is 9.95. The van der Waals surface area contributed by atoms with Crippen LogP contribution in [-0.2, 0) is 13.1 Å². The Labute approximate surface area is 159 Å². The molecule has 1 N–H and O–H groups in total. The lowest BCUT2D eigenvalue weighted by Gasteiger charge is -2.32. The number of halogens is 2. The van der Waals surface area contributed by atoms with Crippen molar-refractivity contribution in [2.45, 2.75) is 45.4 Å². The van der Waals surface area contributed by atoms with Crippen molar-refractivity contribution in [3.05, 3.63) is 27.5 Å². The van der Waals surface area contributed by atoms with E-state index in [1.165, 1.54) is 17.4 Å². The molecule has 1 fully saturated rings. The van der Waals surface area contributed by atoms with Gasteiger partial charge in [0.25, 0.3) is 5.91 Å². The number of aromatic nitrogens is 3. The minimum Gasteiger partial charge on any atom is -0.433 e. The Morgan fingerprint density at radius 2 is 2.11 bits per heavy atom. The van der Waals surface area contributed by atoms with Gasteiger partial charge in [-0.1, -0.05) is 0 Å². The number of carbonyl (C=O) groups excluding carboxylic acids is 1. The molecule has 0 unspecified atom stereocenters. The fourth-order valence-corrected chi connectivity index (χ4v) is 4.64. The van der Waals surface area contributed by atoms with E-state index >= 15 is 0 Å². The van der Waals surface area contributed by atoms with Crippen LogP contribution in [0.5, 0.6) is 5.75 Å². The number of hydrogen-bond acceptors (Lipinski definition) is 6. The van der Waals surface area contributed by atoms with Crippen molar-refractivity contribution in [3.8, 4) is 5.75 Å². The number of piperidine rings is 1. The van der Waals surface area contributed by atoms with Crippen molar-refractivity contribution in [2.75, 3.05) is 19.6 Å². The third-order valence-corrected chi connectivity index (χ3v) is 6.05. The van der Waals surface area contributed by atoms with E-state index in [9.17, 15) is 13.6 Å². The van der Waals surface area contributed by atoms with Crippen LogP contribution in [0.2, 0.25) is 0 Å². The molecule has 10 heteroatoms. The van der Waals surface area contributed by atoms with Gasteiger partial charge in [0.1, 0.15) is 22.3 Å². The van der Waals surface area contributed by atoms with Crippen LogP contribution < -0.4 is 10.1 Å². The molecule has 1 saturated heterocycles. The number of rotatable bonds is 4. The molecule has 4 heterocycles. The zero-order valence-corrected chi connectivity index (χ0v) is 15.8. The Kier molecular flexibility index (Phi) is 5.09. The first-order valence-corrected chi connectivity index (χ1v) is 9.82. The third-order valence-electron chi connectivity index (χ3n) is 5.03. The lowest BCUT2D eigenvalue weighted by molar-refractivity contribution is -0.0499. The van der Waals surface area contributed by atoms with Gasteiger partial charge >= 0.3 is 6.61 Å². The van der Waals surface area contributed by atoms with Gasteiger partial charge in [-0.25, -0.2) is 0 Å². The van der Waals surface area contributed by atoms with E-state index in [1.807, 2.05) is 0 Å². The highest BCUT2D eigenvalue weighted by Gasteiger charge is 2.31. The van der Waals surface area contributed by atoms with Gasteiger partial charge in [0.2, 0.25) is 0 Å². The highest BCUT2D eigenvalue weighted by Crippen LogP contribution is 2.34. The molecule has 27 heavy (non-hydrogen) atoms. The van der Waals surface area contributed by atoms with Crippen molar-refractivity contribution < 1.29 is 18.3 Å². The third kappa shape index (κ3) is 3.68. The van der Waals surface area contributed by atoms with Gasteiger partial charge < -0.3 is 19.5 Å². The summed E-state index contributed by atoms with van der Waals surface area (Å²) in [6.07, 6.45) is 1.57. The second-order valence-corrected chi connectivity index (χ2v) is 8.05. The Bertz CT molecular complexity index is 829. The SMILES string of the molecule is Cc1cc(OC(F)F)c(C(=O)N2CCC(c3nnc4n3CCNC4)CC2)s1. The van der Waals surface area contributed by atoms with Crippen LogP contribution in [0.15, 0.2) is 6.07 Å². The number of carbonyl (C=O) groups is 1. The number of nitrogens with zero attached hydrogens (tertiary/aromatic N) is 4. The van der Waals surface area contributed by atoms with Crippen LogP contribution in [0.4, 0.5) is 8.78 Å². The predicted octanol–water partition coefficient (Wildman–Crippen LogP) is 2.37. The summed E-state index contributed by atoms with van der Waals surface area (Å²) in [5.41, 5.74) is 0. The molecule has 0 bridgehead atoms. The van der Waals surface area contributed by atoms with Crippen LogP contribution >= 0.6 is 11.3 Å². The van der Waals surface area contributed by atoms with Crippen molar-refractivity contribution in [1.29, 1.82) is 0 Å². The summed E-state index contributed by atoms with van der Waals surface area (Å²) in [4.78, 5) is 15.5. The molecule has 2 aliphatic heterocycles. The zero-order valence-electron chi connectivity index (χ0n) is 15.0. The first kappa shape index (κ1) is 18.3. The standard InChI is InChI=1S/C17H21F2N5O2S/c1-10-8-12(26-17(18)19)14(27-10)16(25)23-5-2-11(3-6-23)15-22-21-13-9-20-4-7-24(13)15/h8,11,17,20H,2-7,9H2,1H3. The maximum atomic E-state index is 12.8. The molecular formula is C17H21F2N5O2S. The minimum absolute atomic E-state index is 0.0290. The molecule has 2 aliphatic rings. The van der Waals surface area contributed by atoms with Gasteiger partial charge in [-0.2, -0.15) is 8.78 Å². The van der Waals surface area contributed by atoms with Crippen molar-refractivity contribution in [1.82, 2.24) is 25.0 Å². The Hall–Kier alpha value is -2.07.